The van der Waals surface area contributed by atoms with E-state index in [0.717, 1.165) is 25.9 Å². The lowest BCUT2D eigenvalue weighted by atomic mass is 10.0. The Labute approximate surface area is 105 Å². The van der Waals surface area contributed by atoms with Gasteiger partial charge in [0.2, 0.25) is 0 Å². The Morgan fingerprint density at radius 3 is 2.82 bits per heavy atom. The minimum atomic E-state index is -0.0851. The second-order valence-corrected chi connectivity index (χ2v) is 4.68. The van der Waals surface area contributed by atoms with Crippen molar-refractivity contribution in [1.82, 2.24) is 10.2 Å². The average Bonchev–Trinajstić information content (AvgIpc) is 2.58. The lowest BCUT2D eigenvalue weighted by molar-refractivity contribution is -0.150. The second kappa shape index (κ2) is 7.67. The molecule has 0 aromatic carbocycles. The van der Waals surface area contributed by atoms with Crippen molar-refractivity contribution in [2.24, 2.45) is 0 Å². The fraction of sp³-hybridized carbons (Fsp3) is 0.923. The Hall–Kier alpha value is -0.610. The van der Waals surface area contributed by atoms with E-state index in [1.165, 1.54) is 12.8 Å². The first-order valence-corrected chi connectivity index (χ1v) is 6.80. The van der Waals surface area contributed by atoms with Crippen molar-refractivity contribution in [3.05, 3.63) is 0 Å². The van der Waals surface area contributed by atoms with E-state index in [2.05, 4.69) is 17.3 Å². The second-order valence-electron chi connectivity index (χ2n) is 4.68. The van der Waals surface area contributed by atoms with Gasteiger partial charge in [-0.25, -0.2) is 0 Å². The number of hydrogen-bond donors (Lipinski definition) is 1. The maximum absolute atomic E-state index is 11.9. The molecule has 1 saturated heterocycles. The molecule has 0 bridgehead atoms. The molecular weight excluding hydrogens is 216 g/mol. The van der Waals surface area contributed by atoms with E-state index in [1.54, 1.807) is 0 Å². The summed E-state index contributed by atoms with van der Waals surface area (Å²) in [6.45, 7) is 6.53. The normalized spacial score (nSPS) is 23.2. The van der Waals surface area contributed by atoms with Crippen molar-refractivity contribution in [2.45, 2.75) is 51.6 Å². The number of carbonyl (C=O) groups excluding carboxylic acids is 1. The number of ether oxygens (including phenoxy) is 1. The fourth-order valence-electron chi connectivity index (χ4n) is 2.52. The summed E-state index contributed by atoms with van der Waals surface area (Å²) in [7, 11) is 2.06. The van der Waals surface area contributed by atoms with Gasteiger partial charge >= 0.3 is 5.97 Å². The molecule has 1 heterocycles. The molecule has 0 aromatic rings. The van der Waals surface area contributed by atoms with Crippen LogP contribution in [0, 0.1) is 0 Å². The summed E-state index contributed by atoms with van der Waals surface area (Å²) >= 11 is 0. The van der Waals surface area contributed by atoms with E-state index < -0.39 is 0 Å². The van der Waals surface area contributed by atoms with Gasteiger partial charge in [-0.3, -0.25) is 9.69 Å². The fourth-order valence-corrected chi connectivity index (χ4v) is 2.52. The Morgan fingerprint density at radius 1 is 1.41 bits per heavy atom. The molecule has 100 valence electrons. The third-order valence-corrected chi connectivity index (χ3v) is 3.56. The molecule has 4 nitrogen and oxygen atoms in total. The number of nitrogens with zero attached hydrogens (tertiary/aromatic N) is 1. The number of carbonyl (C=O) groups is 1. The summed E-state index contributed by atoms with van der Waals surface area (Å²) in [5.41, 5.74) is 0. The number of rotatable bonds is 5. The van der Waals surface area contributed by atoms with Gasteiger partial charge in [0, 0.05) is 6.04 Å². The lowest BCUT2D eigenvalue weighted by Gasteiger charge is -2.32. The quantitative estimate of drug-likeness (QED) is 0.740. The molecule has 1 rings (SSSR count). The molecule has 1 aliphatic heterocycles. The molecule has 2 atom stereocenters. The Bertz CT molecular complexity index is 225. The summed E-state index contributed by atoms with van der Waals surface area (Å²) in [6.07, 6.45) is 4.29. The molecule has 0 saturated carbocycles. The van der Waals surface area contributed by atoms with Crippen LogP contribution < -0.4 is 5.32 Å². The average molecular weight is 242 g/mol. The van der Waals surface area contributed by atoms with Crippen LogP contribution in [0.5, 0.6) is 0 Å². The van der Waals surface area contributed by atoms with Crippen molar-refractivity contribution < 1.29 is 9.53 Å². The maximum Gasteiger partial charge on any atom is 0.323 e. The van der Waals surface area contributed by atoms with Crippen LogP contribution in [0.1, 0.15) is 39.5 Å². The van der Waals surface area contributed by atoms with Gasteiger partial charge in [0.05, 0.1) is 6.61 Å². The first-order valence-electron chi connectivity index (χ1n) is 6.80. The summed E-state index contributed by atoms with van der Waals surface area (Å²) in [4.78, 5) is 14.1. The highest BCUT2D eigenvalue weighted by Crippen LogP contribution is 2.17. The minimum absolute atomic E-state index is 0.0743. The van der Waals surface area contributed by atoms with Crippen LogP contribution >= 0.6 is 0 Å². The SMILES string of the molecule is CCOC(=O)C(CC)N(C)C1CCCNCC1. The van der Waals surface area contributed by atoms with Gasteiger partial charge in [-0.05, 0) is 52.7 Å². The van der Waals surface area contributed by atoms with E-state index in [-0.39, 0.29) is 12.0 Å². The first kappa shape index (κ1) is 14.5. The standard InChI is InChI=1S/C13H26N2O2/c1-4-12(13(16)17-5-2)15(3)11-7-6-9-14-10-8-11/h11-12,14H,4-10H2,1-3H3. The van der Waals surface area contributed by atoms with Crippen LogP contribution in [0.2, 0.25) is 0 Å². The highest BCUT2D eigenvalue weighted by Gasteiger charge is 2.28. The Morgan fingerprint density at radius 2 is 2.18 bits per heavy atom. The third kappa shape index (κ3) is 4.28. The van der Waals surface area contributed by atoms with Gasteiger partial charge in [0.15, 0.2) is 0 Å². The van der Waals surface area contributed by atoms with Gasteiger partial charge in [-0.2, -0.15) is 0 Å². The summed E-state index contributed by atoms with van der Waals surface area (Å²) < 4.78 is 5.14. The molecule has 0 spiro atoms. The van der Waals surface area contributed by atoms with Gasteiger partial charge in [0.1, 0.15) is 6.04 Å². The largest absolute Gasteiger partial charge is 0.465 e. The van der Waals surface area contributed by atoms with Gasteiger partial charge < -0.3 is 10.1 Å². The molecule has 4 heteroatoms. The molecule has 1 N–H and O–H groups in total. The monoisotopic (exact) mass is 242 g/mol. The summed E-state index contributed by atoms with van der Waals surface area (Å²) in [5.74, 6) is -0.0743. The topological polar surface area (TPSA) is 41.6 Å². The van der Waals surface area contributed by atoms with Crippen LogP contribution in [0.3, 0.4) is 0 Å². The van der Waals surface area contributed by atoms with Crippen molar-refractivity contribution in [3.8, 4) is 0 Å². The number of esters is 1. The Kier molecular flexibility index (Phi) is 6.52. The van der Waals surface area contributed by atoms with E-state index >= 15 is 0 Å². The first-order chi connectivity index (χ1) is 8.20. The van der Waals surface area contributed by atoms with Crippen molar-refractivity contribution in [1.29, 1.82) is 0 Å². The predicted octanol–water partition coefficient (Wildman–Crippen LogP) is 1.40. The highest BCUT2D eigenvalue weighted by atomic mass is 16.5. The van der Waals surface area contributed by atoms with Crippen molar-refractivity contribution in [2.75, 3.05) is 26.7 Å². The third-order valence-electron chi connectivity index (χ3n) is 3.56. The summed E-state index contributed by atoms with van der Waals surface area (Å²) in [6, 6.07) is 0.414. The highest BCUT2D eigenvalue weighted by molar-refractivity contribution is 5.75. The van der Waals surface area contributed by atoms with Crippen molar-refractivity contribution in [3.63, 3.8) is 0 Å². The number of likely N-dealkylation sites (N-methyl/N-ethyl adjacent to an activating group) is 1. The molecule has 0 aromatic heterocycles. The lowest BCUT2D eigenvalue weighted by Crippen LogP contribution is -2.45. The van der Waals surface area contributed by atoms with E-state index in [9.17, 15) is 4.79 Å². The van der Waals surface area contributed by atoms with Crippen LogP contribution in [0.25, 0.3) is 0 Å². The smallest absolute Gasteiger partial charge is 0.323 e. The Balaban J connectivity index is 2.56. The van der Waals surface area contributed by atoms with Crippen LogP contribution in [0.15, 0.2) is 0 Å². The van der Waals surface area contributed by atoms with Gasteiger partial charge in [-0.15, -0.1) is 0 Å². The molecular formula is C13H26N2O2. The van der Waals surface area contributed by atoms with E-state index in [1.807, 2.05) is 13.8 Å². The van der Waals surface area contributed by atoms with Gasteiger partial charge in [-0.1, -0.05) is 6.92 Å². The minimum Gasteiger partial charge on any atom is -0.465 e. The van der Waals surface area contributed by atoms with Crippen LogP contribution in [-0.2, 0) is 9.53 Å². The predicted molar refractivity (Wildman–Crippen MR) is 69.0 cm³/mol. The van der Waals surface area contributed by atoms with Gasteiger partial charge in [0.25, 0.3) is 0 Å². The molecule has 1 fully saturated rings. The number of nitrogens with one attached hydrogen (secondary N) is 1. The zero-order valence-corrected chi connectivity index (χ0v) is 11.4. The maximum atomic E-state index is 11.9. The molecule has 0 aliphatic carbocycles. The molecule has 17 heavy (non-hydrogen) atoms. The zero-order valence-electron chi connectivity index (χ0n) is 11.4. The molecule has 0 radical (unpaired) electrons. The molecule has 2 unspecified atom stereocenters. The number of hydrogen-bond acceptors (Lipinski definition) is 4. The van der Waals surface area contributed by atoms with E-state index in [4.69, 9.17) is 4.74 Å². The molecule has 1 aliphatic rings. The summed E-state index contributed by atoms with van der Waals surface area (Å²) in [5, 5.41) is 3.40. The van der Waals surface area contributed by atoms with Crippen molar-refractivity contribution >= 4 is 5.97 Å². The zero-order chi connectivity index (χ0) is 12.7. The van der Waals surface area contributed by atoms with E-state index in [0.29, 0.717) is 12.6 Å². The van der Waals surface area contributed by atoms with Crippen LogP contribution in [-0.4, -0.2) is 49.7 Å². The molecule has 0 amide bonds. The van der Waals surface area contributed by atoms with Crippen LogP contribution in [0.4, 0.5) is 0 Å².